The monoisotopic (exact) mass is 313 g/mol. The number of halogens is 1. The van der Waals surface area contributed by atoms with Crippen LogP contribution in [0.3, 0.4) is 0 Å². The fraction of sp³-hybridized carbons (Fsp3) is 0.462. The number of likely N-dealkylation sites (N-methyl/N-ethyl adjacent to an activating group) is 1. The number of hydrogen-bond acceptors (Lipinski definition) is 6. The number of ether oxygens (including phenoxy) is 1. The van der Waals surface area contributed by atoms with Crippen LogP contribution in [0.4, 0.5) is 0 Å². The molecule has 0 aromatic carbocycles. The summed E-state index contributed by atoms with van der Waals surface area (Å²) in [5.41, 5.74) is 3.53. The molecule has 2 heterocycles. The van der Waals surface area contributed by atoms with Crippen LogP contribution < -0.4 is 16.0 Å². The Balaban J connectivity index is 2.36. The molecule has 0 spiro atoms. The molecule has 2 rings (SSSR count). The first kappa shape index (κ1) is 15.8. The average molecular weight is 314 g/mol. The Hall–Kier alpha value is -1.54. The summed E-state index contributed by atoms with van der Waals surface area (Å²) < 4.78 is 12.7. The van der Waals surface area contributed by atoms with Crippen LogP contribution in [0, 0.1) is 0 Å². The lowest BCUT2D eigenvalue weighted by Gasteiger charge is -2.18. The molecule has 0 aliphatic carbocycles. The third-order valence-electron chi connectivity index (χ3n) is 3.14. The molecular formula is C13H20ClN5O2. The molecule has 2 aromatic rings. The second-order valence-corrected chi connectivity index (χ2v) is 5.24. The van der Waals surface area contributed by atoms with Gasteiger partial charge in [0.15, 0.2) is 11.0 Å². The summed E-state index contributed by atoms with van der Waals surface area (Å²) in [7, 11) is 5.61. The molecule has 1 unspecified atom stereocenters. The van der Waals surface area contributed by atoms with Gasteiger partial charge in [-0.05, 0) is 37.8 Å². The third kappa shape index (κ3) is 3.56. The Bertz CT molecular complexity index is 581. The van der Waals surface area contributed by atoms with E-state index in [0.29, 0.717) is 23.3 Å². The Morgan fingerprint density at radius 1 is 1.52 bits per heavy atom. The summed E-state index contributed by atoms with van der Waals surface area (Å²) in [5, 5.41) is 4.66. The number of hydrazine groups is 1. The smallest absolute Gasteiger partial charge is 0.193 e. The van der Waals surface area contributed by atoms with Crippen molar-refractivity contribution in [2.24, 2.45) is 5.84 Å². The average Bonchev–Trinajstić information content (AvgIpc) is 3.05. The van der Waals surface area contributed by atoms with E-state index in [9.17, 15) is 0 Å². The summed E-state index contributed by atoms with van der Waals surface area (Å²) in [6.45, 7) is 1.55. The van der Waals surface area contributed by atoms with Gasteiger partial charge in [-0.25, -0.2) is 5.43 Å². The first-order valence-corrected chi connectivity index (χ1v) is 6.90. The summed E-state index contributed by atoms with van der Waals surface area (Å²) in [6, 6.07) is 3.06. The van der Waals surface area contributed by atoms with E-state index in [4.69, 9.17) is 26.6 Å². The van der Waals surface area contributed by atoms with E-state index in [0.717, 1.165) is 12.2 Å². The second kappa shape index (κ2) is 6.95. The van der Waals surface area contributed by atoms with Crippen LogP contribution in [0.2, 0.25) is 5.22 Å². The Morgan fingerprint density at radius 2 is 2.29 bits per heavy atom. The van der Waals surface area contributed by atoms with Crippen LogP contribution in [0.1, 0.15) is 17.5 Å². The minimum absolute atomic E-state index is 0.309. The predicted molar refractivity (Wildman–Crippen MR) is 80.2 cm³/mol. The summed E-state index contributed by atoms with van der Waals surface area (Å²) in [5.74, 6) is 6.94. The minimum atomic E-state index is -0.392. The van der Waals surface area contributed by atoms with Gasteiger partial charge in [-0.3, -0.25) is 10.5 Å². The van der Waals surface area contributed by atoms with Crippen LogP contribution >= 0.6 is 11.6 Å². The number of hydrogen-bond donors (Lipinski definition) is 2. The number of nitrogens with zero attached hydrogens (tertiary/aromatic N) is 3. The number of rotatable bonds is 7. The van der Waals surface area contributed by atoms with Gasteiger partial charge >= 0.3 is 0 Å². The van der Waals surface area contributed by atoms with Crippen molar-refractivity contribution in [1.82, 2.24) is 20.1 Å². The van der Waals surface area contributed by atoms with E-state index in [2.05, 4.69) is 15.4 Å². The van der Waals surface area contributed by atoms with Crippen LogP contribution in [0.15, 0.2) is 22.7 Å². The van der Waals surface area contributed by atoms with Crippen molar-refractivity contribution >= 4 is 11.6 Å². The summed E-state index contributed by atoms with van der Waals surface area (Å²) >= 11 is 5.84. The zero-order valence-electron chi connectivity index (χ0n) is 12.3. The van der Waals surface area contributed by atoms with Crippen LogP contribution in [0.5, 0.6) is 5.75 Å². The highest BCUT2D eigenvalue weighted by atomic mass is 35.5. The molecule has 3 N–H and O–H groups in total. The van der Waals surface area contributed by atoms with Gasteiger partial charge in [0.2, 0.25) is 0 Å². The normalized spacial score (nSPS) is 12.9. The molecule has 21 heavy (non-hydrogen) atoms. The van der Waals surface area contributed by atoms with Gasteiger partial charge in [0.05, 0.1) is 19.9 Å². The van der Waals surface area contributed by atoms with Gasteiger partial charge in [0.25, 0.3) is 0 Å². The Labute approximate surface area is 128 Å². The molecule has 0 bridgehead atoms. The molecule has 116 valence electrons. The summed E-state index contributed by atoms with van der Waals surface area (Å²) in [4.78, 5) is 2.08. The molecule has 0 amide bonds. The number of aromatic nitrogens is 2. The van der Waals surface area contributed by atoms with E-state index >= 15 is 0 Å². The highest BCUT2D eigenvalue weighted by Crippen LogP contribution is 2.31. The largest absolute Gasteiger partial charge is 0.493 e. The fourth-order valence-electron chi connectivity index (χ4n) is 2.08. The molecule has 0 radical (unpaired) electrons. The molecule has 1 atom stereocenters. The molecular weight excluding hydrogens is 294 g/mol. The van der Waals surface area contributed by atoms with Gasteiger partial charge in [-0.1, -0.05) is 0 Å². The van der Waals surface area contributed by atoms with Crippen molar-refractivity contribution < 1.29 is 9.15 Å². The molecule has 0 fully saturated rings. The maximum absolute atomic E-state index is 5.84. The number of nitrogens with one attached hydrogen (secondary N) is 1. The van der Waals surface area contributed by atoms with Crippen LogP contribution in [-0.4, -0.2) is 42.4 Å². The molecule has 0 saturated heterocycles. The van der Waals surface area contributed by atoms with Gasteiger partial charge in [0, 0.05) is 6.54 Å². The van der Waals surface area contributed by atoms with Gasteiger partial charge in [0.1, 0.15) is 17.5 Å². The fourth-order valence-corrected chi connectivity index (χ4v) is 2.23. The van der Waals surface area contributed by atoms with Crippen molar-refractivity contribution in [2.75, 3.05) is 27.7 Å². The van der Waals surface area contributed by atoms with Gasteiger partial charge in [-0.15, -0.1) is 0 Å². The highest BCUT2D eigenvalue weighted by Gasteiger charge is 2.25. The van der Waals surface area contributed by atoms with Crippen molar-refractivity contribution in [3.05, 3.63) is 35.0 Å². The van der Waals surface area contributed by atoms with E-state index in [1.807, 2.05) is 18.8 Å². The summed E-state index contributed by atoms with van der Waals surface area (Å²) in [6.07, 6.45) is 1.67. The zero-order chi connectivity index (χ0) is 15.4. The second-order valence-electron chi connectivity index (χ2n) is 4.87. The van der Waals surface area contributed by atoms with Crippen molar-refractivity contribution in [2.45, 2.75) is 12.6 Å². The van der Waals surface area contributed by atoms with Crippen LogP contribution in [-0.2, 0) is 6.54 Å². The highest BCUT2D eigenvalue weighted by molar-refractivity contribution is 6.28. The Morgan fingerprint density at radius 3 is 2.81 bits per heavy atom. The maximum atomic E-state index is 5.84. The SMILES string of the molecule is COc1cnn(CCN(C)C)c1C(NN)c1ccc(Cl)o1. The van der Waals surface area contributed by atoms with Gasteiger partial charge < -0.3 is 14.1 Å². The topological polar surface area (TPSA) is 81.5 Å². The van der Waals surface area contributed by atoms with E-state index in [1.54, 1.807) is 25.4 Å². The molecule has 8 heteroatoms. The lowest BCUT2D eigenvalue weighted by Crippen LogP contribution is -2.31. The minimum Gasteiger partial charge on any atom is -0.493 e. The lowest BCUT2D eigenvalue weighted by atomic mass is 10.1. The first-order chi connectivity index (χ1) is 10.1. The van der Waals surface area contributed by atoms with Crippen LogP contribution in [0.25, 0.3) is 0 Å². The molecule has 7 nitrogen and oxygen atoms in total. The molecule has 0 aliphatic rings. The van der Waals surface area contributed by atoms with Crippen molar-refractivity contribution in [3.63, 3.8) is 0 Å². The molecule has 2 aromatic heterocycles. The predicted octanol–water partition coefficient (Wildman–Crippen LogP) is 1.25. The number of methoxy groups -OCH3 is 1. The van der Waals surface area contributed by atoms with E-state index in [1.165, 1.54) is 0 Å². The quantitative estimate of drug-likeness (QED) is 0.591. The first-order valence-electron chi connectivity index (χ1n) is 6.52. The van der Waals surface area contributed by atoms with E-state index in [-0.39, 0.29) is 0 Å². The lowest BCUT2D eigenvalue weighted by molar-refractivity contribution is 0.352. The van der Waals surface area contributed by atoms with Gasteiger partial charge in [-0.2, -0.15) is 5.10 Å². The van der Waals surface area contributed by atoms with Crippen molar-refractivity contribution in [3.8, 4) is 5.75 Å². The maximum Gasteiger partial charge on any atom is 0.193 e. The number of furan rings is 1. The standard InChI is InChI=1S/C13H20ClN5O2/c1-18(2)6-7-19-13(10(20-3)8-16-19)12(17-15)9-4-5-11(14)21-9/h4-5,8,12,17H,6-7,15H2,1-3H3. The molecule has 0 saturated carbocycles. The Kier molecular flexibility index (Phi) is 5.24. The van der Waals surface area contributed by atoms with Crippen molar-refractivity contribution in [1.29, 1.82) is 0 Å². The zero-order valence-corrected chi connectivity index (χ0v) is 13.1. The number of nitrogens with two attached hydrogens (primary N) is 1. The third-order valence-corrected chi connectivity index (χ3v) is 3.35. The molecule has 0 aliphatic heterocycles. The van der Waals surface area contributed by atoms with E-state index < -0.39 is 6.04 Å².